The fourth-order valence-electron chi connectivity index (χ4n) is 1.87. The summed E-state index contributed by atoms with van der Waals surface area (Å²) in [5, 5.41) is 25.8. The summed E-state index contributed by atoms with van der Waals surface area (Å²) in [4.78, 5) is 47.7. The Morgan fingerprint density at radius 3 is 2.38 bits per heavy atom. The minimum atomic E-state index is -0.819. The average molecular weight is 350 g/mol. The van der Waals surface area contributed by atoms with Gasteiger partial charge in [0.25, 0.3) is 17.3 Å². The Bertz CT molecular complexity index is 875. The van der Waals surface area contributed by atoms with E-state index >= 15 is 0 Å². The number of carbonyl (C=O) groups excluding carboxylic acids is 2. The van der Waals surface area contributed by atoms with Crippen molar-refractivity contribution in [2.45, 2.75) is 13.8 Å². The third-order valence-corrected chi connectivity index (χ3v) is 3.86. The Morgan fingerprint density at radius 1 is 1.21 bits per heavy atom. The fraction of sp³-hybridized carbons (Fsp3) is 0.154. The smallest absolute Gasteiger partial charge is 0.279 e. The van der Waals surface area contributed by atoms with Gasteiger partial charge in [-0.1, -0.05) is 0 Å². The molecule has 2 rings (SSSR count). The molecule has 0 bridgehead atoms. The van der Waals surface area contributed by atoms with Crippen LogP contribution in [0.4, 0.5) is 16.5 Å². The molecule has 0 aliphatic carbocycles. The van der Waals surface area contributed by atoms with Crippen LogP contribution in [-0.2, 0) is 0 Å². The molecule has 10 nitrogen and oxygen atoms in total. The van der Waals surface area contributed by atoms with Gasteiger partial charge in [-0.3, -0.25) is 35.1 Å². The first-order valence-electron chi connectivity index (χ1n) is 6.42. The first kappa shape index (κ1) is 17.1. The minimum absolute atomic E-state index is 0.00792. The molecule has 1 aromatic carbocycles. The number of hydrogen-bond donors (Lipinski definition) is 1. The van der Waals surface area contributed by atoms with Crippen molar-refractivity contribution in [3.8, 4) is 0 Å². The van der Waals surface area contributed by atoms with E-state index in [4.69, 9.17) is 0 Å². The van der Waals surface area contributed by atoms with E-state index in [2.05, 4.69) is 10.3 Å². The van der Waals surface area contributed by atoms with Crippen LogP contribution >= 0.6 is 11.3 Å². The number of amides is 1. The van der Waals surface area contributed by atoms with Gasteiger partial charge in [-0.25, -0.2) is 4.98 Å². The number of carbonyl (C=O) groups is 2. The molecule has 2 aromatic rings. The summed E-state index contributed by atoms with van der Waals surface area (Å²) >= 11 is 0.996. The number of non-ortho nitro benzene ring substituents is 1. The highest BCUT2D eigenvalue weighted by atomic mass is 32.1. The van der Waals surface area contributed by atoms with Gasteiger partial charge in [0.15, 0.2) is 10.9 Å². The number of aromatic nitrogens is 1. The number of thiazole rings is 1. The van der Waals surface area contributed by atoms with E-state index in [0.717, 1.165) is 23.5 Å². The third-order valence-electron chi connectivity index (χ3n) is 3.10. The molecule has 0 saturated heterocycles. The summed E-state index contributed by atoms with van der Waals surface area (Å²) in [6.07, 6.45) is 0. The van der Waals surface area contributed by atoms with Crippen molar-refractivity contribution in [2.75, 3.05) is 5.32 Å². The number of nitro benzene ring substituents is 2. The molecule has 11 heteroatoms. The van der Waals surface area contributed by atoms with Crippen molar-refractivity contribution in [1.29, 1.82) is 0 Å². The lowest BCUT2D eigenvalue weighted by Crippen LogP contribution is -2.15. The first-order chi connectivity index (χ1) is 11.2. The number of hydrogen-bond acceptors (Lipinski definition) is 8. The van der Waals surface area contributed by atoms with Gasteiger partial charge in [0.2, 0.25) is 0 Å². The SMILES string of the molecule is CC(=O)c1csc(NC(=O)c2cc([N+](=O)[O-])cc([N+](=O)[O-])c2C)n1. The first-order valence-corrected chi connectivity index (χ1v) is 7.30. The van der Waals surface area contributed by atoms with E-state index in [-0.39, 0.29) is 27.7 Å². The van der Waals surface area contributed by atoms with Crippen LogP contribution in [0.1, 0.15) is 33.3 Å². The molecule has 0 fully saturated rings. The molecule has 0 saturated carbocycles. The molecule has 0 aliphatic heterocycles. The van der Waals surface area contributed by atoms with Gasteiger partial charge in [-0.15, -0.1) is 11.3 Å². The van der Waals surface area contributed by atoms with Crippen LogP contribution in [-0.4, -0.2) is 26.5 Å². The predicted molar refractivity (Wildman–Crippen MR) is 84.6 cm³/mol. The van der Waals surface area contributed by atoms with Gasteiger partial charge in [-0.05, 0) is 6.92 Å². The molecule has 1 aromatic heterocycles. The Hall–Kier alpha value is -3.21. The second-order valence-corrected chi connectivity index (χ2v) is 5.56. The van der Waals surface area contributed by atoms with E-state index in [0.29, 0.717) is 0 Å². The topological polar surface area (TPSA) is 145 Å². The van der Waals surface area contributed by atoms with Crippen LogP contribution in [0, 0.1) is 27.2 Å². The number of nitro groups is 2. The summed E-state index contributed by atoms with van der Waals surface area (Å²) in [6, 6.07) is 1.75. The monoisotopic (exact) mass is 350 g/mol. The molecule has 0 aliphatic rings. The molecule has 1 amide bonds. The predicted octanol–water partition coefficient (Wildman–Crippen LogP) is 2.72. The number of anilines is 1. The molecule has 1 heterocycles. The number of benzene rings is 1. The summed E-state index contributed by atoms with van der Waals surface area (Å²) in [5.41, 5.74) is -1.15. The van der Waals surface area contributed by atoms with Crippen molar-refractivity contribution in [3.63, 3.8) is 0 Å². The molecule has 0 unspecified atom stereocenters. The van der Waals surface area contributed by atoms with Crippen LogP contribution < -0.4 is 5.32 Å². The molecule has 124 valence electrons. The average Bonchev–Trinajstić information content (AvgIpc) is 2.95. The van der Waals surface area contributed by atoms with Crippen LogP contribution in [0.3, 0.4) is 0 Å². The zero-order valence-corrected chi connectivity index (χ0v) is 13.2. The molecular weight excluding hydrogens is 340 g/mol. The quantitative estimate of drug-likeness (QED) is 0.495. The fourth-order valence-corrected chi connectivity index (χ4v) is 2.62. The van der Waals surface area contributed by atoms with E-state index < -0.39 is 27.1 Å². The maximum atomic E-state index is 12.3. The van der Waals surface area contributed by atoms with E-state index in [1.54, 1.807) is 0 Å². The van der Waals surface area contributed by atoms with Crippen molar-refractivity contribution in [2.24, 2.45) is 0 Å². The molecule has 0 radical (unpaired) electrons. The van der Waals surface area contributed by atoms with Crippen LogP contribution in [0.2, 0.25) is 0 Å². The summed E-state index contributed by atoms with van der Waals surface area (Å²) in [5.74, 6) is -1.07. The Balaban J connectivity index is 2.42. The third kappa shape index (κ3) is 3.41. The Labute approximate surface area is 138 Å². The van der Waals surface area contributed by atoms with Crippen molar-refractivity contribution in [3.05, 3.63) is 54.6 Å². The van der Waals surface area contributed by atoms with Gasteiger partial charge in [0.05, 0.1) is 21.5 Å². The lowest BCUT2D eigenvalue weighted by molar-refractivity contribution is -0.394. The van der Waals surface area contributed by atoms with Crippen LogP contribution in [0.15, 0.2) is 17.5 Å². The Morgan fingerprint density at radius 2 is 1.88 bits per heavy atom. The van der Waals surface area contributed by atoms with Gasteiger partial charge >= 0.3 is 0 Å². The number of ketones is 1. The number of rotatable bonds is 5. The highest BCUT2D eigenvalue weighted by Gasteiger charge is 2.25. The number of Topliss-reactive ketones (excluding diaryl/α,β-unsaturated/α-hetero) is 1. The van der Waals surface area contributed by atoms with E-state index in [9.17, 15) is 29.8 Å². The Kier molecular flexibility index (Phi) is 4.64. The zero-order valence-electron chi connectivity index (χ0n) is 12.4. The molecule has 1 N–H and O–H groups in total. The molecular formula is C13H10N4O6S. The van der Waals surface area contributed by atoms with Crippen molar-refractivity contribution >= 4 is 39.5 Å². The molecule has 0 spiro atoms. The van der Waals surface area contributed by atoms with E-state index in [1.165, 1.54) is 19.2 Å². The van der Waals surface area contributed by atoms with Gasteiger partial charge in [0.1, 0.15) is 5.69 Å². The van der Waals surface area contributed by atoms with Gasteiger partial charge in [-0.2, -0.15) is 0 Å². The van der Waals surface area contributed by atoms with Gasteiger partial charge < -0.3 is 0 Å². The number of nitrogens with zero attached hydrogens (tertiary/aromatic N) is 3. The normalized spacial score (nSPS) is 10.2. The van der Waals surface area contributed by atoms with Crippen molar-refractivity contribution < 1.29 is 19.4 Å². The lowest BCUT2D eigenvalue weighted by atomic mass is 10.0. The highest BCUT2D eigenvalue weighted by molar-refractivity contribution is 7.14. The van der Waals surface area contributed by atoms with Crippen LogP contribution in [0.5, 0.6) is 0 Å². The van der Waals surface area contributed by atoms with E-state index in [1.807, 2.05) is 0 Å². The summed E-state index contributed by atoms with van der Waals surface area (Å²) in [6.45, 7) is 2.63. The second-order valence-electron chi connectivity index (χ2n) is 4.70. The number of nitrogens with one attached hydrogen (secondary N) is 1. The van der Waals surface area contributed by atoms with Crippen molar-refractivity contribution in [1.82, 2.24) is 4.98 Å². The highest BCUT2D eigenvalue weighted by Crippen LogP contribution is 2.29. The molecule has 0 atom stereocenters. The lowest BCUT2D eigenvalue weighted by Gasteiger charge is -2.06. The summed E-state index contributed by atoms with van der Waals surface area (Å²) < 4.78 is 0. The zero-order chi connectivity index (χ0) is 18.0. The minimum Gasteiger partial charge on any atom is -0.298 e. The van der Waals surface area contributed by atoms with Gasteiger partial charge in [0, 0.05) is 23.9 Å². The standard InChI is InChI=1S/C13H10N4O6S/c1-6-9(3-8(16(20)21)4-11(6)17(22)23)12(19)15-13-14-10(5-24-13)7(2)18/h3-5H,1-2H3,(H,14,15,19). The van der Waals surface area contributed by atoms with Crippen LogP contribution in [0.25, 0.3) is 0 Å². The summed E-state index contributed by atoms with van der Waals surface area (Å²) in [7, 11) is 0. The molecule has 24 heavy (non-hydrogen) atoms. The maximum Gasteiger partial charge on any atom is 0.279 e. The largest absolute Gasteiger partial charge is 0.298 e. The second kappa shape index (κ2) is 6.50. The maximum absolute atomic E-state index is 12.3.